The van der Waals surface area contributed by atoms with Crippen LogP contribution in [-0.2, 0) is 16.1 Å². The molecule has 1 aromatic heterocycles. The van der Waals surface area contributed by atoms with Crippen molar-refractivity contribution in [2.24, 2.45) is 5.92 Å². The van der Waals surface area contributed by atoms with E-state index in [1.807, 2.05) is 25.2 Å². The van der Waals surface area contributed by atoms with Crippen molar-refractivity contribution in [2.45, 2.75) is 45.8 Å². The van der Waals surface area contributed by atoms with Crippen LogP contribution in [0.25, 0.3) is 0 Å². The number of likely N-dealkylation sites (tertiary alicyclic amines) is 1. The van der Waals surface area contributed by atoms with Gasteiger partial charge in [-0.1, -0.05) is 13.0 Å². The first-order valence-electron chi connectivity index (χ1n) is 8.37. The van der Waals surface area contributed by atoms with E-state index in [0.29, 0.717) is 12.5 Å². The van der Waals surface area contributed by atoms with Crippen molar-refractivity contribution in [3.63, 3.8) is 0 Å². The van der Waals surface area contributed by atoms with Crippen molar-refractivity contribution < 1.29 is 9.53 Å². The smallest absolute Gasteiger partial charge is 0.249 e. The first-order valence-corrected chi connectivity index (χ1v) is 9.24. The van der Waals surface area contributed by atoms with E-state index in [9.17, 15) is 4.79 Å². The monoisotopic (exact) mass is 324 g/mol. The molecule has 22 heavy (non-hydrogen) atoms. The lowest BCUT2D eigenvalue weighted by Gasteiger charge is -2.32. The molecule has 1 unspecified atom stereocenters. The van der Waals surface area contributed by atoms with Gasteiger partial charge in [0.15, 0.2) is 0 Å². The summed E-state index contributed by atoms with van der Waals surface area (Å²) in [4.78, 5) is 16.0. The Kier molecular flexibility index (Phi) is 7.36. The normalized spacial score (nSPS) is 18.3. The zero-order valence-corrected chi connectivity index (χ0v) is 14.5. The summed E-state index contributed by atoms with van der Waals surface area (Å²) < 4.78 is 5.45. The standard InChI is InChI=1S/C17H28N2O2S/c1-3-16(21-4-2)17(20)18-12-14-7-9-19(10-8-14)13-15-6-5-11-22-15/h5-6,11,14,16H,3-4,7-10,12-13H2,1-2H3,(H,18,20). The van der Waals surface area contributed by atoms with Crippen LogP contribution in [0.2, 0.25) is 0 Å². The minimum Gasteiger partial charge on any atom is -0.369 e. The number of piperidine rings is 1. The third kappa shape index (κ3) is 5.38. The molecule has 1 amide bonds. The summed E-state index contributed by atoms with van der Waals surface area (Å²) in [6.45, 7) is 8.62. The first-order chi connectivity index (χ1) is 10.7. The maximum absolute atomic E-state index is 12.0. The molecule has 2 heterocycles. The molecule has 0 radical (unpaired) electrons. The third-order valence-corrected chi connectivity index (χ3v) is 5.12. The van der Waals surface area contributed by atoms with E-state index in [1.165, 1.54) is 4.88 Å². The van der Waals surface area contributed by atoms with E-state index >= 15 is 0 Å². The van der Waals surface area contributed by atoms with Crippen LogP contribution in [0.3, 0.4) is 0 Å². The van der Waals surface area contributed by atoms with E-state index < -0.39 is 0 Å². The number of carbonyl (C=O) groups excluding carboxylic acids is 1. The lowest BCUT2D eigenvalue weighted by atomic mass is 9.96. The fourth-order valence-corrected chi connectivity index (χ4v) is 3.66. The molecule has 1 aliphatic heterocycles. The molecule has 1 atom stereocenters. The predicted molar refractivity (Wildman–Crippen MR) is 91.0 cm³/mol. The quantitative estimate of drug-likeness (QED) is 0.799. The van der Waals surface area contributed by atoms with E-state index in [1.54, 1.807) is 0 Å². The van der Waals surface area contributed by atoms with Gasteiger partial charge in [-0.15, -0.1) is 11.3 Å². The molecular formula is C17H28N2O2S. The number of carbonyl (C=O) groups is 1. The van der Waals surface area contributed by atoms with Crippen LogP contribution in [0.15, 0.2) is 17.5 Å². The Morgan fingerprint density at radius 1 is 1.45 bits per heavy atom. The van der Waals surface area contributed by atoms with Gasteiger partial charge in [0, 0.05) is 24.6 Å². The Balaban J connectivity index is 1.65. The zero-order chi connectivity index (χ0) is 15.8. The second-order valence-corrected chi connectivity index (χ2v) is 6.93. The van der Waals surface area contributed by atoms with Crippen molar-refractivity contribution >= 4 is 17.2 Å². The maximum atomic E-state index is 12.0. The van der Waals surface area contributed by atoms with Gasteiger partial charge in [0.25, 0.3) is 0 Å². The molecule has 0 bridgehead atoms. The van der Waals surface area contributed by atoms with Crippen molar-refractivity contribution in [1.29, 1.82) is 0 Å². The molecule has 0 aliphatic carbocycles. The number of ether oxygens (including phenoxy) is 1. The summed E-state index contributed by atoms with van der Waals surface area (Å²) in [6, 6.07) is 4.32. The molecule has 1 N–H and O–H groups in total. The van der Waals surface area contributed by atoms with Gasteiger partial charge < -0.3 is 10.1 Å². The van der Waals surface area contributed by atoms with Gasteiger partial charge >= 0.3 is 0 Å². The number of hydrogen-bond acceptors (Lipinski definition) is 4. The maximum Gasteiger partial charge on any atom is 0.249 e. The van der Waals surface area contributed by atoms with Crippen molar-refractivity contribution in [1.82, 2.24) is 10.2 Å². The number of thiophene rings is 1. The fraction of sp³-hybridized carbons (Fsp3) is 0.706. The number of nitrogens with one attached hydrogen (secondary N) is 1. The highest BCUT2D eigenvalue weighted by atomic mass is 32.1. The molecule has 1 fully saturated rings. The first kappa shape index (κ1) is 17.4. The SMILES string of the molecule is CCOC(CC)C(=O)NCC1CCN(Cc2cccs2)CC1. The Morgan fingerprint density at radius 2 is 2.23 bits per heavy atom. The van der Waals surface area contributed by atoms with E-state index in [0.717, 1.165) is 45.4 Å². The fourth-order valence-electron chi connectivity index (χ4n) is 2.91. The number of hydrogen-bond donors (Lipinski definition) is 1. The Morgan fingerprint density at radius 3 is 2.82 bits per heavy atom. The summed E-state index contributed by atoms with van der Waals surface area (Å²) in [5, 5.41) is 5.21. The van der Waals surface area contributed by atoms with Crippen LogP contribution < -0.4 is 5.32 Å². The molecule has 1 aromatic rings. The third-order valence-electron chi connectivity index (χ3n) is 4.26. The number of amides is 1. The van der Waals surface area contributed by atoms with Crippen LogP contribution in [0, 0.1) is 5.92 Å². The summed E-state index contributed by atoms with van der Waals surface area (Å²) in [7, 11) is 0. The average Bonchev–Trinajstić information content (AvgIpc) is 3.04. The van der Waals surface area contributed by atoms with E-state index in [2.05, 4.69) is 27.7 Å². The van der Waals surface area contributed by atoms with Gasteiger partial charge in [-0.25, -0.2) is 0 Å². The molecule has 0 aromatic carbocycles. The molecular weight excluding hydrogens is 296 g/mol. The minimum absolute atomic E-state index is 0.0466. The largest absolute Gasteiger partial charge is 0.369 e. The second-order valence-electron chi connectivity index (χ2n) is 5.90. The molecule has 2 rings (SSSR count). The predicted octanol–water partition coefficient (Wildman–Crippen LogP) is 2.89. The highest BCUT2D eigenvalue weighted by molar-refractivity contribution is 7.09. The Bertz CT molecular complexity index is 428. The van der Waals surface area contributed by atoms with Gasteiger partial charge in [-0.05, 0) is 56.6 Å². The number of rotatable bonds is 8. The van der Waals surface area contributed by atoms with Crippen LogP contribution in [0.1, 0.15) is 38.0 Å². The summed E-state index contributed by atoms with van der Waals surface area (Å²) in [6.07, 6.45) is 2.77. The van der Waals surface area contributed by atoms with Gasteiger partial charge in [0.1, 0.15) is 6.10 Å². The molecule has 1 aliphatic rings. The molecule has 0 saturated carbocycles. The highest BCUT2D eigenvalue weighted by Crippen LogP contribution is 2.20. The van der Waals surface area contributed by atoms with Crippen LogP contribution in [0.5, 0.6) is 0 Å². The lowest BCUT2D eigenvalue weighted by Crippen LogP contribution is -2.42. The van der Waals surface area contributed by atoms with E-state index in [-0.39, 0.29) is 12.0 Å². The van der Waals surface area contributed by atoms with Gasteiger partial charge in [0.2, 0.25) is 5.91 Å². The van der Waals surface area contributed by atoms with Crippen molar-refractivity contribution in [3.8, 4) is 0 Å². The van der Waals surface area contributed by atoms with Crippen molar-refractivity contribution in [3.05, 3.63) is 22.4 Å². The lowest BCUT2D eigenvalue weighted by molar-refractivity contribution is -0.133. The van der Waals surface area contributed by atoms with Crippen LogP contribution >= 0.6 is 11.3 Å². The van der Waals surface area contributed by atoms with Crippen LogP contribution in [-0.4, -0.2) is 43.2 Å². The van der Waals surface area contributed by atoms with Crippen molar-refractivity contribution in [2.75, 3.05) is 26.2 Å². The zero-order valence-electron chi connectivity index (χ0n) is 13.7. The second kappa shape index (κ2) is 9.28. The topological polar surface area (TPSA) is 41.6 Å². The van der Waals surface area contributed by atoms with Gasteiger partial charge in [-0.2, -0.15) is 0 Å². The number of nitrogens with zero attached hydrogens (tertiary/aromatic N) is 1. The summed E-state index contributed by atoms with van der Waals surface area (Å²) in [5.41, 5.74) is 0. The summed E-state index contributed by atoms with van der Waals surface area (Å²) in [5.74, 6) is 0.646. The van der Waals surface area contributed by atoms with Crippen LogP contribution in [0.4, 0.5) is 0 Å². The van der Waals surface area contributed by atoms with E-state index in [4.69, 9.17) is 4.74 Å². The molecule has 1 saturated heterocycles. The molecule has 124 valence electrons. The highest BCUT2D eigenvalue weighted by Gasteiger charge is 2.22. The molecule has 5 heteroatoms. The Labute approximate surface area is 137 Å². The Hall–Kier alpha value is -0.910. The minimum atomic E-state index is -0.288. The molecule has 4 nitrogen and oxygen atoms in total. The molecule has 0 spiro atoms. The average molecular weight is 324 g/mol. The van der Waals surface area contributed by atoms with Gasteiger partial charge in [0.05, 0.1) is 0 Å². The van der Waals surface area contributed by atoms with Gasteiger partial charge in [-0.3, -0.25) is 9.69 Å². The summed E-state index contributed by atoms with van der Waals surface area (Å²) >= 11 is 1.83.